The van der Waals surface area contributed by atoms with Crippen LogP contribution in [0.4, 0.5) is 5.13 Å². The number of nitrogens with zero attached hydrogens (tertiary/aromatic N) is 4. The Morgan fingerprint density at radius 2 is 2.33 bits per heavy atom. The van der Waals surface area contributed by atoms with Crippen LogP contribution in [0.25, 0.3) is 0 Å². The van der Waals surface area contributed by atoms with Crippen LogP contribution in [0.1, 0.15) is 18.4 Å². The summed E-state index contributed by atoms with van der Waals surface area (Å²) in [6.45, 7) is 4.41. The minimum Gasteiger partial charge on any atom is -0.360 e. The largest absolute Gasteiger partial charge is 0.360 e. The van der Waals surface area contributed by atoms with E-state index in [0.29, 0.717) is 6.42 Å². The molecule has 0 aromatic carbocycles. The van der Waals surface area contributed by atoms with Crippen LogP contribution in [0.2, 0.25) is 0 Å². The standard InChI is InChI=1S/C9H15N5S/c1-3-11-9-13-12-8(15-9)7-14(2)6-4-5-10/h3-4,6-7H2,1-2H3,(H,11,13). The quantitative estimate of drug-likeness (QED) is 0.791. The number of nitriles is 1. The first-order valence-corrected chi connectivity index (χ1v) is 5.69. The van der Waals surface area contributed by atoms with E-state index in [9.17, 15) is 0 Å². The van der Waals surface area contributed by atoms with Crippen LogP contribution < -0.4 is 5.32 Å². The Balaban J connectivity index is 2.39. The summed E-state index contributed by atoms with van der Waals surface area (Å²) >= 11 is 1.56. The summed E-state index contributed by atoms with van der Waals surface area (Å²) in [6.07, 6.45) is 0.551. The van der Waals surface area contributed by atoms with Crippen molar-refractivity contribution in [2.45, 2.75) is 19.9 Å². The number of aromatic nitrogens is 2. The van der Waals surface area contributed by atoms with E-state index >= 15 is 0 Å². The molecule has 0 aliphatic rings. The van der Waals surface area contributed by atoms with Crippen molar-refractivity contribution in [3.05, 3.63) is 5.01 Å². The van der Waals surface area contributed by atoms with Crippen molar-refractivity contribution >= 4 is 16.5 Å². The molecule has 0 amide bonds. The molecule has 1 rings (SSSR count). The minimum absolute atomic E-state index is 0.551. The van der Waals surface area contributed by atoms with Gasteiger partial charge in [0.15, 0.2) is 0 Å². The average molecular weight is 225 g/mol. The normalized spacial score (nSPS) is 10.3. The van der Waals surface area contributed by atoms with Gasteiger partial charge in [-0.1, -0.05) is 11.3 Å². The second kappa shape index (κ2) is 6.32. The van der Waals surface area contributed by atoms with E-state index in [4.69, 9.17) is 5.26 Å². The van der Waals surface area contributed by atoms with E-state index in [1.54, 1.807) is 11.3 Å². The predicted octanol–water partition coefficient (Wildman–Crippen LogP) is 1.32. The Morgan fingerprint density at radius 1 is 1.53 bits per heavy atom. The van der Waals surface area contributed by atoms with Crippen molar-refractivity contribution in [2.24, 2.45) is 0 Å². The third-order valence-electron chi connectivity index (χ3n) is 1.81. The highest BCUT2D eigenvalue weighted by Crippen LogP contribution is 2.15. The summed E-state index contributed by atoms with van der Waals surface area (Å²) in [6, 6.07) is 2.12. The molecule has 1 aromatic rings. The van der Waals surface area contributed by atoms with Crippen LogP contribution >= 0.6 is 11.3 Å². The van der Waals surface area contributed by atoms with Crippen LogP contribution in [0.5, 0.6) is 0 Å². The Kier molecular flexibility index (Phi) is 5.01. The molecule has 15 heavy (non-hydrogen) atoms. The van der Waals surface area contributed by atoms with E-state index in [1.807, 2.05) is 14.0 Å². The van der Waals surface area contributed by atoms with Gasteiger partial charge < -0.3 is 5.32 Å². The zero-order chi connectivity index (χ0) is 11.1. The second-order valence-corrected chi connectivity index (χ2v) is 4.24. The third-order valence-corrected chi connectivity index (χ3v) is 2.67. The molecule has 0 saturated carbocycles. The number of nitrogens with one attached hydrogen (secondary N) is 1. The Labute approximate surface area is 93.7 Å². The summed E-state index contributed by atoms with van der Waals surface area (Å²) in [5.74, 6) is 0. The van der Waals surface area contributed by atoms with Gasteiger partial charge >= 0.3 is 0 Å². The van der Waals surface area contributed by atoms with Gasteiger partial charge in [-0.05, 0) is 14.0 Å². The third kappa shape index (κ3) is 4.23. The highest BCUT2D eigenvalue weighted by molar-refractivity contribution is 7.15. The van der Waals surface area contributed by atoms with E-state index in [2.05, 4.69) is 26.5 Å². The summed E-state index contributed by atoms with van der Waals surface area (Å²) in [4.78, 5) is 2.07. The lowest BCUT2D eigenvalue weighted by Crippen LogP contribution is -2.18. The number of rotatable bonds is 6. The minimum atomic E-state index is 0.551. The Hall–Kier alpha value is -1.19. The molecular formula is C9H15N5S. The highest BCUT2D eigenvalue weighted by atomic mass is 32.1. The average Bonchev–Trinajstić information content (AvgIpc) is 2.63. The van der Waals surface area contributed by atoms with Gasteiger partial charge in [0, 0.05) is 19.5 Å². The summed E-state index contributed by atoms with van der Waals surface area (Å²) in [5, 5.41) is 21.5. The monoisotopic (exact) mass is 225 g/mol. The van der Waals surface area contributed by atoms with Gasteiger partial charge in [-0.25, -0.2) is 0 Å². The van der Waals surface area contributed by atoms with Crippen LogP contribution in [-0.4, -0.2) is 35.2 Å². The van der Waals surface area contributed by atoms with Gasteiger partial charge in [0.05, 0.1) is 12.6 Å². The van der Waals surface area contributed by atoms with Crippen molar-refractivity contribution in [2.75, 3.05) is 25.5 Å². The summed E-state index contributed by atoms with van der Waals surface area (Å²) < 4.78 is 0. The second-order valence-electron chi connectivity index (χ2n) is 3.18. The fraction of sp³-hybridized carbons (Fsp3) is 0.667. The van der Waals surface area contributed by atoms with Gasteiger partial charge in [-0.15, -0.1) is 10.2 Å². The van der Waals surface area contributed by atoms with Gasteiger partial charge in [0.1, 0.15) is 5.01 Å². The van der Waals surface area contributed by atoms with Crippen molar-refractivity contribution in [3.8, 4) is 6.07 Å². The zero-order valence-corrected chi connectivity index (χ0v) is 9.84. The predicted molar refractivity (Wildman–Crippen MR) is 60.6 cm³/mol. The molecule has 1 heterocycles. The molecule has 0 fully saturated rings. The molecule has 0 unspecified atom stereocenters. The molecule has 0 atom stereocenters. The van der Waals surface area contributed by atoms with Crippen LogP contribution in [0.3, 0.4) is 0 Å². The molecule has 0 aliphatic heterocycles. The lowest BCUT2D eigenvalue weighted by molar-refractivity contribution is 0.333. The fourth-order valence-corrected chi connectivity index (χ4v) is 1.98. The number of hydrogen-bond donors (Lipinski definition) is 1. The molecule has 0 bridgehead atoms. The molecule has 1 aromatic heterocycles. The lowest BCUT2D eigenvalue weighted by atomic mass is 10.4. The molecule has 5 nitrogen and oxygen atoms in total. The lowest BCUT2D eigenvalue weighted by Gasteiger charge is -2.11. The first-order chi connectivity index (χ1) is 7.26. The van der Waals surface area contributed by atoms with E-state index < -0.39 is 0 Å². The van der Waals surface area contributed by atoms with Crippen LogP contribution in [0.15, 0.2) is 0 Å². The number of hydrogen-bond acceptors (Lipinski definition) is 6. The first-order valence-electron chi connectivity index (χ1n) is 4.88. The van der Waals surface area contributed by atoms with E-state index in [0.717, 1.165) is 29.8 Å². The SMILES string of the molecule is CCNc1nnc(CN(C)CCC#N)s1. The van der Waals surface area contributed by atoms with Gasteiger partial charge in [-0.2, -0.15) is 5.26 Å². The molecular weight excluding hydrogens is 210 g/mol. The Bertz CT molecular complexity index is 329. The van der Waals surface area contributed by atoms with Crippen molar-refractivity contribution in [1.29, 1.82) is 5.26 Å². The molecule has 82 valence electrons. The highest BCUT2D eigenvalue weighted by Gasteiger charge is 2.05. The molecule has 1 N–H and O–H groups in total. The summed E-state index contributed by atoms with van der Waals surface area (Å²) in [5.41, 5.74) is 0. The van der Waals surface area contributed by atoms with Gasteiger partial charge in [-0.3, -0.25) is 4.90 Å². The smallest absolute Gasteiger partial charge is 0.205 e. The van der Waals surface area contributed by atoms with Crippen molar-refractivity contribution < 1.29 is 0 Å². The zero-order valence-electron chi connectivity index (χ0n) is 9.03. The van der Waals surface area contributed by atoms with Gasteiger partial charge in [0.25, 0.3) is 0 Å². The van der Waals surface area contributed by atoms with Gasteiger partial charge in [0.2, 0.25) is 5.13 Å². The molecule has 6 heteroatoms. The first kappa shape index (κ1) is 11.9. The van der Waals surface area contributed by atoms with Crippen molar-refractivity contribution in [3.63, 3.8) is 0 Å². The van der Waals surface area contributed by atoms with E-state index in [1.165, 1.54) is 0 Å². The van der Waals surface area contributed by atoms with E-state index in [-0.39, 0.29) is 0 Å². The Morgan fingerprint density at radius 3 is 3.00 bits per heavy atom. The maximum atomic E-state index is 8.44. The fourth-order valence-electron chi connectivity index (χ4n) is 1.09. The van der Waals surface area contributed by atoms with Crippen LogP contribution in [0, 0.1) is 11.3 Å². The molecule has 0 aliphatic carbocycles. The molecule has 0 saturated heterocycles. The maximum Gasteiger partial charge on any atom is 0.205 e. The van der Waals surface area contributed by atoms with Crippen molar-refractivity contribution in [1.82, 2.24) is 15.1 Å². The molecule has 0 radical (unpaired) electrons. The summed E-state index contributed by atoms with van der Waals surface area (Å²) in [7, 11) is 1.98. The number of anilines is 1. The van der Waals surface area contributed by atoms with Crippen LogP contribution in [-0.2, 0) is 6.54 Å². The topological polar surface area (TPSA) is 64.8 Å². The molecule has 0 spiro atoms. The maximum absolute atomic E-state index is 8.44.